The van der Waals surface area contributed by atoms with Gasteiger partial charge in [-0.25, -0.2) is 0 Å². The van der Waals surface area contributed by atoms with Crippen LogP contribution in [0.5, 0.6) is 0 Å². The van der Waals surface area contributed by atoms with Crippen molar-refractivity contribution >= 4 is 0 Å². The highest BCUT2D eigenvalue weighted by Crippen LogP contribution is 2.39. The molecule has 3 rings (SSSR count). The lowest BCUT2D eigenvalue weighted by molar-refractivity contribution is 0.302. The predicted octanol–water partition coefficient (Wildman–Crippen LogP) is 8.23. The van der Waals surface area contributed by atoms with Gasteiger partial charge < -0.3 is 0 Å². The van der Waals surface area contributed by atoms with Gasteiger partial charge in [0.2, 0.25) is 0 Å². The van der Waals surface area contributed by atoms with Gasteiger partial charge in [-0.2, -0.15) is 0 Å². The first kappa shape index (κ1) is 20.0. The van der Waals surface area contributed by atoms with E-state index in [2.05, 4.69) is 32.0 Å². The third kappa shape index (κ3) is 5.61. The molecule has 146 valence electrons. The number of rotatable bonds is 9. The van der Waals surface area contributed by atoms with Crippen LogP contribution in [0.3, 0.4) is 0 Å². The third-order valence-electron chi connectivity index (χ3n) is 7.31. The Hall–Kier alpha value is -0.780. The van der Waals surface area contributed by atoms with E-state index in [1.165, 1.54) is 96.3 Å². The van der Waals surface area contributed by atoms with Gasteiger partial charge in [-0.1, -0.05) is 83.4 Å². The van der Waals surface area contributed by atoms with Gasteiger partial charge in [0.25, 0.3) is 0 Å². The molecule has 1 aromatic carbocycles. The van der Waals surface area contributed by atoms with E-state index in [9.17, 15) is 0 Å². The van der Waals surface area contributed by atoms with Gasteiger partial charge in [0.15, 0.2) is 0 Å². The minimum absolute atomic E-state index is 0.852. The van der Waals surface area contributed by atoms with Crippen molar-refractivity contribution in [3.63, 3.8) is 0 Å². The van der Waals surface area contributed by atoms with Crippen molar-refractivity contribution < 1.29 is 0 Å². The molecular weight excluding hydrogens is 312 g/mol. The van der Waals surface area contributed by atoms with Gasteiger partial charge in [0.1, 0.15) is 0 Å². The number of unbranched alkanes of at least 4 members (excludes halogenated alkanes) is 4. The smallest absolute Gasteiger partial charge is 0.0162 e. The van der Waals surface area contributed by atoms with Gasteiger partial charge in [0, 0.05) is 0 Å². The predicted molar refractivity (Wildman–Crippen MR) is 115 cm³/mol. The Kier molecular flexibility index (Phi) is 8.08. The summed E-state index contributed by atoms with van der Waals surface area (Å²) >= 11 is 0. The highest BCUT2D eigenvalue weighted by Gasteiger charge is 2.24. The van der Waals surface area contributed by atoms with Gasteiger partial charge in [-0.05, 0) is 79.4 Å². The summed E-state index contributed by atoms with van der Waals surface area (Å²) in [5.41, 5.74) is 5.03. The van der Waals surface area contributed by atoms with Crippen molar-refractivity contribution in [2.75, 3.05) is 0 Å². The maximum Gasteiger partial charge on any atom is -0.0162 e. The third-order valence-corrected chi connectivity index (χ3v) is 7.31. The molecule has 0 amide bonds. The standard InChI is InChI=1S/C26H42/c1-3-5-7-8-10-21-11-14-23(15-12-21)25-18-17-24-19-22(9-6-4-2)13-16-26(24)20-25/h17-18,20-23H,3-16,19H2,1-2H3. The Bertz CT molecular complexity index is 521. The molecule has 0 bridgehead atoms. The van der Waals surface area contributed by atoms with Gasteiger partial charge in [-0.15, -0.1) is 0 Å². The Morgan fingerprint density at radius 3 is 2.27 bits per heavy atom. The molecule has 26 heavy (non-hydrogen) atoms. The quantitative estimate of drug-likeness (QED) is 0.392. The minimum Gasteiger partial charge on any atom is -0.0654 e. The Morgan fingerprint density at radius 1 is 0.731 bits per heavy atom. The average Bonchev–Trinajstić information content (AvgIpc) is 2.69. The highest BCUT2D eigenvalue weighted by molar-refractivity contribution is 5.36. The molecule has 0 nitrogen and oxygen atoms in total. The van der Waals surface area contributed by atoms with Crippen LogP contribution in [0.25, 0.3) is 0 Å². The second-order valence-corrected chi connectivity index (χ2v) is 9.35. The normalized spacial score (nSPS) is 25.8. The van der Waals surface area contributed by atoms with Gasteiger partial charge in [0.05, 0.1) is 0 Å². The molecule has 1 atom stereocenters. The molecule has 1 unspecified atom stereocenters. The van der Waals surface area contributed by atoms with Gasteiger partial charge in [-0.3, -0.25) is 0 Å². The number of hydrogen-bond donors (Lipinski definition) is 0. The molecule has 0 aliphatic heterocycles. The van der Waals surface area contributed by atoms with Crippen LogP contribution in [0.2, 0.25) is 0 Å². The van der Waals surface area contributed by atoms with Crippen LogP contribution in [0.15, 0.2) is 18.2 Å². The molecule has 1 saturated carbocycles. The van der Waals surface area contributed by atoms with Crippen LogP contribution in [0.4, 0.5) is 0 Å². The number of hydrogen-bond acceptors (Lipinski definition) is 0. The molecule has 2 aliphatic carbocycles. The van der Waals surface area contributed by atoms with E-state index in [-0.39, 0.29) is 0 Å². The van der Waals surface area contributed by atoms with E-state index >= 15 is 0 Å². The lowest BCUT2D eigenvalue weighted by Gasteiger charge is -2.30. The second kappa shape index (κ2) is 10.5. The van der Waals surface area contributed by atoms with Crippen LogP contribution in [-0.4, -0.2) is 0 Å². The molecule has 1 fully saturated rings. The average molecular weight is 355 g/mol. The number of fused-ring (bicyclic) bond motifs is 1. The van der Waals surface area contributed by atoms with Crippen molar-refractivity contribution in [2.45, 2.75) is 116 Å². The summed E-state index contributed by atoms with van der Waals surface area (Å²) in [6, 6.07) is 7.60. The molecule has 0 N–H and O–H groups in total. The van der Waals surface area contributed by atoms with Crippen molar-refractivity contribution in [3.05, 3.63) is 34.9 Å². The maximum atomic E-state index is 2.61. The van der Waals surface area contributed by atoms with Crippen molar-refractivity contribution in [1.82, 2.24) is 0 Å². The summed E-state index contributed by atoms with van der Waals surface area (Å²) in [5.74, 6) is 2.83. The Morgan fingerprint density at radius 2 is 1.50 bits per heavy atom. The van der Waals surface area contributed by atoms with E-state index in [4.69, 9.17) is 0 Å². The van der Waals surface area contributed by atoms with E-state index in [1.807, 2.05) is 0 Å². The van der Waals surface area contributed by atoms with Gasteiger partial charge >= 0.3 is 0 Å². The maximum absolute atomic E-state index is 2.61. The lowest BCUT2D eigenvalue weighted by atomic mass is 9.75. The monoisotopic (exact) mass is 354 g/mol. The van der Waals surface area contributed by atoms with E-state index in [0.29, 0.717) is 0 Å². The first-order valence-electron chi connectivity index (χ1n) is 11.9. The zero-order valence-electron chi connectivity index (χ0n) is 17.6. The highest BCUT2D eigenvalue weighted by atomic mass is 14.3. The van der Waals surface area contributed by atoms with E-state index in [1.54, 1.807) is 16.7 Å². The molecule has 0 spiro atoms. The van der Waals surface area contributed by atoms with Crippen LogP contribution >= 0.6 is 0 Å². The summed E-state index contributed by atoms with van der Waals surface area (Å²) in [6.45, 7) is 4.64. The largest absolute Gasteiger partial charge is 0.0654 e. The molecule has 2 aliphatic rings. The molecule has 0 heteroatoms. The number of aryl methyl sites for hydroxylation is 1. The first-order valence-corrected chi connectivity index (χ1v) is 11.9. The first-order chi connectivity index (χ1) is 12.8. The lowest BCUT2D eigenvalue weighted by Crippen LogP contribution is -2.16. The molecule has 0 aromatic heterocycles. The molecule has 0 radical (unpaired) electrons. The summed E-state index contributed by atoms with van der Waals surface area (Å²) in [5, 5.41) is 0. The number of benzene rings is 1. The summed E-state index contributed by atoms with van der Waals surface area (Å²) < 4.78 is 0. The molecule has 1 aromatic rings. The topological polar surface area (TPSA) is 0 Å². The van der Waals surface area contributed by atoms with Crippen LogP contribution in [0.1, 0.15) is 120 Å². The fourth-order valence-corrected chi connectivity index (χ4v) is 5.49. The van der Waals surface area contributed by atoms with E-state index in [0.717, 1.165) is 17.8 Å². The second-order valence-electron chi connectivity index (χ2n) is 9.35. The Labute approximate surface area is 163 Å². The van der Waals surface area contributed by atoms with Crippen LogP contribution in [0, 0.1) is 11.8 Å². The fraction of sp³-hybridized carbons (Fsp3) is 0.769. The Balaban J connectivity index is 1.48. The zero-order chi connectivity index (χ0) is 18.2. The SMILES string of the molecule is CCCCCCC1CCC(c2ccc3c(c2)CCC(CCCC)C3)CC1. The zero-order valence-corrected chi connectivity index (χ0v) is 17.6. The summed E-state index contributed by atoms with van der Waals surface area (Å²) in [7, 11) is 0. The minimum atomic E-state index is 0.852. The molecule has 0 saturated heterocycles. The molecule has 0 heterocycles. The van der Waals surface area contributed by atoms with E-state index < -0.39 is 0 Å². The van der Waals surface area contributed by atoms with Crippen molar-refractivity contribution in [2.24, 2.45) is 11.8 Å². The summed E-state index contributed by atoms with van der Waals surface area (Å²) in [4.78, 5) is 0. The summed E-state index contributed by atoms with van der Waals surface area (Å²) in [6.07, 6.45) is 21.4. The van der Waals surface area contributed by atoms with Crippen LogP contribution < -0.4 is 0 Å². The van der Waals surface area contributed by atoms with Crippen molar-refractivity contribution in [3.8, 4) is 0 Å². The molecular formula is C26H42. The van der Waals surface area contributed by atoms with Crippen molar-refractivity contribution in [1.29, 1.82) is 0 Å². The fourth-order valence-electron chi connectivity index (χ4n) is 5.49. The van der Waals surface area contributed by atoms with Crippen LogP contribution in [-0.2, 0) is 12.8 Å².